The highest BCUT2D eigenvalue weighted by atomic mass is 15.3. The van der Waals surface area contributed by atoms with Crippen molar-refractivity contribution in [3.8, 4) is 0 Å². The van der Waals surface area contributed by atoms with Crippen LogP contribution in [0.4, 0.5) is 5.95 Å². The van der Waals surface area contributed by atoms with E-state index in [-0.39, 0.29) is 0 Å². The molecule has 1 aromatic heterocycles. The lowest BCUT2D eigenvalue weighted by atomic mass is 9.97. The van der Waals surface area contributed by atoms with Gasteiger partial charge in [0.05, 0.1) is 0 Å². The van der Waals surface area contributed by atoms with E-state index in [4.69, 9.17) is 0 Å². The number of hydrogen-bond acceptors (Lipinski definition) is 3. The number of hydrogen-bond donors (Lipinski definition) is 1. The highest BCUT2D eigenvalue weighted by molar-refractivity contribution is 5.32. The van der Waals surface area contributed by atoms with Gasteiger partial charge in [0, 0.05) is 31.5 Å². The molecule has 4 nitrogen and oxygen atoms in total. The number of imidazole rings is 1. The summed E-state index contributed by atoms with van der Waals surface area (Å²) in [4.78, 5) is 7.15. The van der Waals surface area contributed by atoms with Crippen molar-refractivity contribution in [2.45, 2.75) is 51.5 Å². The Labute approximate surface area is 122 Å². The van der Waals surface area contributed by atoms with Crippen molar-refractivity contribution in [3.05, 3.63) is 12.4 Å². The summed E-state index contributed by atoms with van der Waals surface area (Å²) < 4.78 is 2.44. The Hall–Kier alpha value is -1.03. The second-order valence-electron chi connectivity index (χ2n) is 6.31. The van der Waals surface area contributed by atoms with Gasteiger partial charge < -0.3 is 14.8 Å². The van der Waals surface area contributed by atoms with Crippen LogP contribution in [0.3, 0.4) is 0 Å². The lowest BCUT2D eigenvalue weighted by Crippen LogP contribution is -2.38. The van der Waals surface area contributed by atoms with Crippen LogP contribution in [-0.4, -0.2) is 35.7 Å². The minimum absolute atomic E-state index is 0.701. The van der Waals surface area contributed by atoms with Gasteiger partial charge in [-0.05, 0) is 44.7 Å². The Balaban J connectivity index is 1.59. The summed E-state index contributed by atoms with van der Waals surface area (Å²) in [6, 6.07) is 0.701. The summed E-state index contributed by atoms with van der Waals surface area (Å²) >= 11 is 0. The normalized spacial score (nSPS) is 21.8. The molecular formula is C16H28N4. The number of rotatable bonds is 5. The minimum atomic E-state index is 0.701. The van der Waals surface area contributed by atoms with Crippen molar-refractivity contribution in [1.29, 1.82) is 0 Å². The number of piperidine rings is 1. The quantitative estimate of drug-likeness (QED) is 0.897. The van der Waals surface area contributed by atoms with Crippen LogP contribution in [0.2, 0.25) is 0 Å². The molecule has 4 heteroatoms. The Kier molecular flexibility index (Phi) is 4.61. The topological polar surface area (TPSA) is 33.1 Å². The molecule has 2 aliphatic rings. The fraction of sp³-hybridized carbons (Fsp3) is 0.812. The average molecular weight is 276 g/mol. The summed E-state index contributed by atoms with van der Waals surface area (Å²) in [6.07, 6.45) is 12.2. The Morgan fingerprint density at radius 2 is 1.95 bits per heavy atom. The Morgan fingerprint density at radius 3 is 2.65 bits per heavy atom. The average Bonchev–Trinajstić information content (AvgIpc) is 3.15. The predicted molar refractivity (Wildman–Crippen MR) is 83.2 cm³/mol. The van der Waals surface area contributed by atoms with Gasteiger partial charge >= 0.3 is 0 Å². The number of anilines is 1. The van der Waals surface area contributed by atoms with Crippen LogP contribution in [0.25, 0.3) is 0 Å². The fourth-order valence-electron chi connectivity index (χ4n) is 3.70. The van der Waals surface area contributed by atoms with Crippen molar-refractivity contribution >= 4 is 5.95 Å². The van der Waals surface area contributed by atoms with Crippen LogP contribution in [0.15, 0.2) is 12.4 Å². The highest BCUT2D eigenvalue weighted by Crippen LogP contribution is 2.33. The maximum atomic E-state index is 4.64. The molecule has 2 fully saturated rings. The summed E-state index contributed by atoms with van der Waals surface area (Å²) in [7, 11) is 0. The fourth-order valence-corrected chi connectivity index (χ4v) is 3.70. The standard InChI is InChI=1S/C16H28N4/c1-2-17-13-14-7-10-19(11-8-14)16-18-9-12-20(16)15-5-3-4-6-15/h9,12,14-15,17H,2-8,10-11,13H2,1H3. The monoisotopic (exact) mass is 276 g/mol. The van der Waals surface area contributed by atoms with Gasteiger partial charge in [0.2, 0.25) is 5.95 Å². The highest BCUT2D eigenvalue weighted by Gasteiger charge is 2.25. The van der Waals surface area contributed by atoms with E-state index in [9.17, 15) is 0 Å². The zero-order chi connectivity index (χ0) is 13.8. The third-order valence-corrected chi connectivity index (χ3v) is 4.95. The molecule has 0 aromatic carbocycles. The molecule has 20 heavy (non-hydrogen) atoms. The van der Waals surface area contributed by atoms with Gasteiger partial charge in [-0.15, -0.1) is 0 Å². The number of nitrogens with zero attached hydrogens (tertiary/aromatic N) is 3. The second kappa shape index (κ2) is 6.61. The SMILES string of the molecule is CCNCC1CCN(c2nccn2C2CCCC2)CC1. The van der Waals surface area contributed by atoms with E-state index in [1.165, 1.54) is 64.1 Å². The van der Waals surface area contributed by atoms with Crippen LogP contribution in [-0.2, 0) is 0 Å². The molecule has 1 aromatic rings. The molecule has 0 bridgehead atoms. The van der Waals surface area contributed by atoms with Crippen molar-refractivity contribution in [2.75, 3.05) is 31.1 Å². The molecule has 0 amide bonds. The van der Waals surface area contributed by atoms with E-state index in [1.54, 1.807) is 0 Å². The van der Waals surface area contributed by atoms with Gasteiger partial charge in [-0.1, -0.05) is 19.8 Å². The molecule has 0 spiro atoms. The van der Waals surface area contributed by atoms with E-state index in [0.29, 0.717) is 6.04 Å². The lowest BCUT2D eigenvalue weighted by molar-refractivity contribution is 0.379. The molecule has 1 aliphatic heterocycles. The van der Waals surface area contributed by atoms with E-state index in [1.807, 2.05) is 6.20 Å². The molecule has 0 unspecified atom stereocenters. The smallest absolute Gasteiger partial charge is 0.205 e. The Morgan fingerprint density at radius 1 is 1.20 bits per heavy atom. The second-order valence-corrected chi connectivity index (χ2v) is 6.31. The third-order valence-electron chi connectivity index (χ3n) is 4.95. The zero-order valence-electron chi connectivity index (χ0n) is 12.7. The maximum Gasteiger partial charge on any atom is 0.205 e. The van der Waals surface area contributed by atoms with Crippen LogP contribution < -0.4 is 10.2 Å². The van der Waals surface area contributed by atoms with Gasteiger partial charge in [-0.25, -0.2) is 4.98 Å². The molecule has 3 rings (SSSR count). The van der Waals surface area contributed by atoms with E-state index >= 15 is 0 Å². The molecule has 2 heterocycles. The van der Waals surface area contributed by atoms with Crippen molar-refractivity contribution in [1.82, 2.24) is 14.9 Å². The summed E-state index contributed by atoms with van der Waals surface area (Å²) in [5, 5.41) is 3.48. The summed E-state index contributed by atoms with van der Waals surface area (Å²) in [5.41, 5.74) is 0. The first-order valence-corrected chi connectivity index (χ1v) is 8.37. The minimum Gasteiger partial charge on any atom is -0.342 e. The van der Waals surface area contributed by atoms with Crippen LogP contribution in [0, 0.1) is 5.92 Å². The molecule has 0 radical (unpaired) electrons. The largest absolute Gasteiger partial charge is 0.342 e. The van der Waals surface area contributed by atoms with Crippen molar-refractivity contribution < 1.29 is 0 Å². The van der Waals surface area contributed by atoms with E-state index in [0.717, 1.165) is 12.5 Å². The first-order chi connectivity index (χ1) is 9.88. The third kappa shape index (κ3) is 3.00. The lowest BCUT2D eigenvalue weighted by Gasteiger charge is -2.34. The number of nitrogens with one attached hydrogen (secondary N) is 1. The maximum absolute atomic E-state index is 4.64. The molecular weight excluding hydrogens is 248 g/mol. The van der Waals surface area contributed by atoms with E-state index < -0.39 is 0 Å². The van der Waals surface area contributed by atoms with Crippen LogP contribution in [0.5, 0.6) is 0 Å². The molecule has 1 saturated carbocycles. The summed E-state index contributed by atoms with van der Waals surface area (Å²) in [5.74, 6) is 2.07. The molecule has 1 saturated heterocycles. The molecule has 0 atom stereocenters. The molecule has 1 N–H and O–H groups in total. The van der Waals surface area contributed by atoms with Gasteiger partial charge in [0.1, 0.15) is 0 Å². The van der Waals surface area contributed by atoms with Crippen LogP contribution in [0.1, 0.15) is 51.5 Å². The Bertz CT molecular complexity index is 400. The van der Waals surface area contributed by atoms with Gasteiger partial charge in [-0.2, -0.15) is 0 Å². The first kappa shape index (κ1) is 13.9. The molecule has 112 valence electrons. The first-order valence-electron chi connectivity index (χ1n) is 8.37. The summed E-state index contributed by atoms with van der Waals surface area (Å²) in [6.45, 7) is 6.79. The number of aromatic nitrogens is 2. The zero-order valence-corrected chi connectivity index (χ0v) is 12.7. The van der Waals surface area contributed by atoms with Crippen LogP contribution >= 0.6 is 0 Å². The van der Waals surface area contributed by atoms with Gasteiger partial charge in [-0.3, -0.25) is 0 Å². The molecule has 1 aliphatic carbocycles. The van der Waals surface area contributed by atoms with Crippen molar-refractivity contribution in [2.24, 2.45) is 5.92 Å². The van der Waals surface area contributed by atoms with Crippen molar-refractivity contribution in [3.63, 3.8) is 0 Å². The van der Waals surface area contributed by atoms with E-state index in [2.05, 4.69) is 32.9 Å². The predicted octanol–water partition coefficient (Wildman–Crippen LogP) is 2.82. The van der Waals surface area contributed by atoms with Gasteiger partial charge in [0.25, 0.3) is 0 Å². The van der Waals surface area contributed by atoms with Gasteiger partial charge in [0.15, 0.2) is 0 Å².